The molecule has 25 heavy (non-hydrogen) atoms. The van der Waals surface area contributed by atoms with Gasteiger partial charge in [0.05, 0.1) is 19.8 Å². The molecular weight excluding hydrogens is 316 g/mol. The minimum Gasteiger partial charge on any atom is -0.493 e. The van der Waals surface area contributed by atoms with Gasteiger partial charge in [0.15, 0.2) is 11.5 Å². The van der Waals surface area contributed by atoms with Gasteiger partial charge in [-0.2, -0.15) is 0 Å². The monoisotopic (exact) mass is 348 g/mol. The lowest BCUT2D eigenvalue weighted by Crippen LogP contribution is -2.30. The van der Waals surface area contributed by atoms with Gasteiger partial charge in [-0.1, -0.05) is 13.0 Å². The molecule has 1 aromatic carbocycles. The molecule has 140 valence electrons. The summed E-state index contributed by atoms with van der Waals surface area (Å²) in [5.74, 6) is 2.26. The van der Waals surface area contributed by atoms with Crippen LogP contribution in [0.25, 0.3) is 0 Å². The molecule has 0 radical (unpaired) electrons. The topological polar surface area (TPSA) is 59.6 Å². The Morgan fingerprint density at radius 3 is 2.76 bits per heavy atom. The van der Waals surface area contributed by atoms with Crippen LogP contribution in [0.1, 0.15) is 57.6 Å². The van der Waals surface area contributed by atoms with Gasteiger partial charge in [-0.05, 0) is 69.3 Å². The number of rotatable bonds is 9. The molecule has 5 heteroatoms. The highest BCUT2D eigenvalue weighted by Gasteiger charge is 2.16. The van der Waals surface area contributed by atoms with Crippen molar-refractivity contribution in [2.45, 2.75) is 52.0 Å². The van der Waals surface area contributed by atoms with Crippen molar-refractivity contribution in [1.82, 2.24) is 10.6 Å². The van der Waals surface area contributed by atoms with Crippen molar-refractivity contribution in [3.8, 4) is 11.5 Å². The predicted octanol–water partition coefficient (Wildman–Crippen LogP) is 3.44. The molecule has 0 bridgehead atoms. The van der Waals surface area contributed by atoms with Gasteiger partial charge in [0, 0.05) is 6.42 Å². The Morgan fingerprint density at radius 2 is 2.08 bits per heavy atom. The normalized spacial score (nSPS) is 16.3. The summed E-state index contributed by atoms with van der Waals surface area (Å²) >= 11 is 0. The van der Waals surface area contributed by atoms with Gasteiger partial charge in [0.1, 0.15) is 0 Å². The summed E-state index contributed by atoms with van der Waals surface area (Å²) in [6, 6.07) is 5.81. The van der Waals surface area contributed by atoms with Crippen molar-refractivity contribution in [1.29, 1.82) is 0 Å². The van der Waals surface area contributed by atoms with Crippen LogP contribution in [0.15, 0.2) is 18.2 Å². The lowest BCUT2D eigenvalue weighted by molar-refractivity contribution is -0.122. The summed E-state index contributed by atoms with van der Waals surface area (Å²) in [5, 5.41) is 6.46. The van der Waals surface area contributed by atoms with Crippen LogP contribution in [0, 0.1) is 5.92 Å². The van der Waals surface area contributed by atoms with Crippen LogP contribution in [0.3, 0.4) is 0 Å². The molecule has 1 aliphatic rings. The molecule has 0 saturated carbocycles. The summed E-state index contributed by atoms with van der Waals surface area (Å²) in [7, 11) is 1.64. The lowest BCUT2D eigenvalue weighted by atomic mass is 9.93. The molecule has 0 aliphatic carbocycles. The Morgan fingerprint density at radius 1 is 1.32 bits per heavy atom. The molecule has 1 heterocycles. The number of carbonyl (C=O) groups excluding carboxylic acids is 1. The maximum atomic E-state index is 12.2. The molecule has 2 rings (SSSR count). The fourth-order valence-electron chi connectivity index (χ4n) is 3.19. The van der Waals surface area contributed by atoms with Gasteiger partial charge in [-0.25, -0.2) is 0 Å². The predicted molar refractivity (Wildman–Crippen MR) is 100 cm³/mol. The van der Waals surface area contributed by atoms with E-state index in [9.17, 15) is 4.79 Å². The molecule has 1 unspecified atom stereocenters. The maximum Gasteiger partial charge on any atom is 0.220 e. The number of carbonyl (C=O) groups is 1. The van der Waals surface area contributed by atoms with E-state index in [-0.39, 0.29) is 11.9 Å². The van der Waals surface area contributed by atoms with Gasteiger partial charge >= 0.3 is 0 Å². The molecule has 1 saturated heterocycles. The number of hydrogen-bond donors (Lipinski definition) is 2. The van der Waals surface area contributed by atoms with Crippen LogP contribution in [-0.4, -0.2) is 32.7 Å². The first kappa shape index (κ1) is 19.6. The lowest BCUT2D eigenvalue weighted by Gasteiger charge is -2.22. The van der Waals surface area contributed by atoms with Crippen LogP contribution in [0.4, 0.5) is 0 Å². The zero-order valence-electron chi connectivity index (χ0n) is 15.8. The summed E-state index contributed by atoms with van der Waals surface area (Å²) in [6.07, 6.45) is 4.89. The summed E-state index contributed by atoms with van der Waals surface area (Å²) < 4.78 is 11.1. The van der Waals surface area contributed by atoms with E-state index in [0.717, 1.165) is 37.2 Å². The van der Waals surface area contributed by atoms with E-state index in [1.54, 1.807) is 7.11 Å². The number of benzene rings is 1. The quantitative estimate of drug-likeness (QED) is 0.718. The van der Waals surface area contributed by atoms with Crippen molar-refractivity contribution in [2.75, 3.05) is 26.8 Å². The molecule has 1 amide bonds. The van der Waals surface area contributed by atoms with Crippen molar-refractivity contribution in [3.63, 3.8) is 0 Å². The van der Waals surface area contributed by atoms with Crippen LogP contribution < -0.4 is 20.1 Å². The van der Waals surface area contributed by atoms with E-state index in [1.165, 1.54) is 12.8 Å². The van der Waals surface area contributed by atoms with Crippen molar-refractivity contribution in [3.05, 3.63) is 23.8 Å². The Kier molecular flexibility index (Phi) is 8.06. The van der Waals surface area contributed by atoms with Gasteiger partial charge in [-0.3, -0.25) is 4.79 Å². The number of piperidine rings is 1. The van der Waals surface area contributed by atoms with Gasteiger partial charge in [0.25, 0.3) is 0 Å². The zero-order chi connectivity index (χ0) is 18.1. The zero-order valence-corrected chi connectivity index (χ0v) is 15.8. The molecule has 1 aliphatic heterocycles. The number of ether oxygens (including phenoxy) is 2. The molecule has 5 nitrogen and oxygen atoms in total. The first-order valence-electron chi connectivity index (χ1n) is 9.44. The van der Waals surface area contributed by atoms with Crippen LogP contribution in [0.5, 0.6) is 11.5 Å². The number of hydrogen-bond acceptors (Lipinski definition) is 4. The first-order valence-corrected chi connectivity index (χ1v) is 9.44. The summed E-state index contributed by atoms with van der Waals surface area (Å²) in [4.78, 5) is 12.2. The van der Waals surface area contributed by atoms with E-state index in [0.29, 0.717) is 24.7 Å². The van der Waals surface area contributed by atoms with Crippen molar-refractivity contribution >= 4 is 5.91 Å². The van der Waals surface area contributed by atoms with Crippen molar-refractivity contribution < 1.29 is 14.3 Å². The minimum atomic E-state index is -0.0466. The standard InChI is InChI=1S/C20H32N2O3/c1-4-13-25-18-7-6-17(14-19(18)24-3)15(2)22-20(23)8-5-16-9-11-21-12-10-16/h6-7,14-16,21H,4-5,8-13H2,1-3H3,(H,22,23). The average molecular weight is 348 g/mol. The second-order valence-corrected chi connectivity index (χ2v) is 6.78. The average Bonchev–Trinajstić information content (AvgIpc) is 2.65. The Bertz CT molecular complexity index is 542. The molecule has 1 atom stereocenters. The first-order chi connectivity index (χ1) is 12.1. The second-order valence-electron chi connectivity index (χ2n) is 6.78. The number of amides is 1. The highest BCUT2D eigenvalue weighted by Crippen LogP contribution is 2.30. The molecule has 2 N–H and O–H groups in total. The molecule has 0 spiro atoms. The van der Waals surface area contributed by atoms with E-state index in [4.69, 9.17) is 9.47 Å². The molecule has 1 fully saturated rings. The van der Waals surface area contributed by atoms with E-state index < -0.39 is 0 Å². The Labute approximate surface area is 151 Å². The van der Waals surface area contributed by atoms with Crippen molar-refractivity contribution in [2.24, 2.45) is 5.92 Å². The smallest absolute Gasteiger partial charge is 0.220 e. The van der Waals surface area contributed by atoms with E-state index >= 15 is 0 Å². The van der Waals surface area contributed by atoms with E-state index in [1.807, 2.05) is 25.1 Å². The van der Waals surface area contributed by atoms with Crippen LogP contribution >= 0.6 is 0 Å². The number of nitrogens with one attached hydrogen (secondary N) is 2. The third-order valence-electron chi connectivity index (χ3n) is 4.77. The van der Waals surface area contributed by atoms with Gasteiger partial charge < -0.3 is 20.1 Å². The third-order valence-corrected chi connectivity index (χ3v) is 4.77. The minimum absolute atomic E-state index is 0.0466. The van der Waals surface area contributed by atoms with E-state index in [2.05, 4.69) is 17.6 Å². The Hall–Kier alpha value is -1.75. The summed E-state index contributed by atoms with van der Waals surface area (Å²) in [6.45, 7) is 6.90. The van der Waals surface area contributed by atoms with Gasteiger partial charge in [-0.15, -0.1) is 0 Å². The SMILES string of the molecule is CCCOc1ccc(C(C)NC(=O)CCC2CCNCC2)cc1OC. The molecule has 1 aromatic rings. The highest BCUT2D eigenvalue weighted by molar-refractivity contribution is 5.76. The maximum absolute atomic E-state index is 12.2. The molecule has 0 aromatic heterocycles. The van der Waals surface area contributed by atoms with Crippen LogP contribution in [0.2, 0.25) is 0 Å². The fraction of sp³-hybridized carbons (Fsp3) is 0.650. The highest BCUT2D eigenvalue weighted by atomic mass is 16.5. The fourth-order valence-corrected chi connectivity index (χ4v) is 3.19. The van der Waals surface area contributed by atoms with Crippen LogP contribution in [-0.2, 0) is 4.79 Å². The third kappa shape index (κ3) is 6.24. The summed E-state index contributed by atoms with van der Waals surface area (Å²) in [5.41, 5.74) is 1.02. The van der Waals surface area contributed by atoms with Gasteiger partial charge in [0.2, 0.25) is 5.91 Å². The largest absolute Gasteiger partial charge is 0.493 e. The second kappa shape index (κ2) is 10.3. The Balaban J connectivity index is 1.86. The molecular formula is C20H32N2O3. The number of methoxy groups -OCH3 is 1.